The zero-order chi connectivity index (χ0) is 12.0. The summed E-state index contributed by atoms with van der Waals surface area (Å²) >= 11 is 0. The second-order valence-electron chi connectivity index (χ2n) is 3.84. The summed E-state index contributed by atoms with van der Waals surface area (Å²) in [6.45, 7) is 7.10. The number of benzene rings is 1. The van der Waals surface area contributed by atoms with Crippen molar-refractivity contribution < 1.29 is 9.13 Å². The fourth-order valence-electron chi connectivity index (χ4n) is 1.73. The fraction of sp³-hybridized carbons (Fsp3) is 0.538. The molecule has 0 saturated carbocycles. The third-order valence-corrected chi connectivity index (χ3v) is 2.61. The minimum Gasteiger partial charge on any atom is -0.494 e. The molecule has 0 aromatic heterocycles. The number of halogens is 1. The van der Waals surface area contributed by atoms with E-state index < -0.39 is 0 Å². The highest BCUT2D eigenvalue weighted by Crippen LogP contribution is 2.18. The van der Waals surface area contributed by atoms with Crippen molar-refractivity contribution in [2.45, 2.75) is 26.8 Å². The van der Waals surface area contributed by atoms with Crippen LogP contribution in [0.25, 0.3) is 0 Å². The monoisotopic (exact) mass is 225 g/mol. The van der Waals surface area contributed by atoms with Crippen LogP contribution in [0.2, 0.25) is 0 Å². The third kappa shape index (κ3) is 3.49. The Morgan fingerprint density at radius 1 is 1.31 bits per heavy atom. The quantitative estimate of drug-likeness (QED) is 0.737. The lowest BCUT2D eigenvalue weighted by atomic mass is 10.2. The molecule has 0 saturated heterocycles. The molecule has 1 rings (SSSR count). The van der Waals surface area contributed by atoms with Crippen LogP contribution in [0.15, 0.2) is 18.2 Å². The van der Waals surface area contributed by atoms with E-state index in [4.69, 9.17) is 4.74 Å². The maximum Gasteiger partial charge on any atom is 0.165 e. The van der Waals surface area contributed by atoms with Crippen LogP contribution in [0.1, 0.15) is 25.8 Å². The zero-order valence-corrected chi connectivity index (χ0v) is 10.3. The molecule has 0 atom stereocenters. The van der Waals surface area contributed by atoms with Gasteiger partial charge in [-0.15, -0.1) is 0 Å². The summed E-state index contributed by atoms with van der Waals surface area (Å²) in [5.41, 5.74) is 0.994. The van der Waals surface area contributed by atoms with Crippen LogP contribution in [0.5, 0.6) is 5.75 Å². The Balaban J connectivity index is 2.69. The van der Waals surface area contributed by atoms with Gasteiger partial charge in [-0.3, -0.25) is 4.90 Å². The average Bonchev–Trinajstić information content (AvgIpc) is 2.28. The minimum absolute atomic E-state index is 0.285. The molecule has 0 aliphatic rings. The highest BCUT2D eigenvalue weighted by molar-refractivity contribution is 5.29. The summed E-state index contributed by atoms with van der Waals surface area (Å²) < 4.78 is 18.3. The average molecular weight is 225 g/mol. The van der Waals surface area contributed by atoms with Crippen molar-refractivity contribution >= 4 is 0 Å². The molecule has 0 aliphatic heterocycles. The predicted octanol–water partition coefficient (Wildman–Crippen LogP) is 3.07. The summed E-state index contributed by atoms with van der Waals surface area (Å²) in [7, 11) is 1.48. The molecule has 0 spiro atoms. The fourth-order valence-corrected chi connectivity index (χ4v) is 1.73. The van der Waals surface area contributed by atoms with Crippen LogP contribution in [0.4, 0.5) is 4.39 Å². The van der Waals surface area contributed by atoms with E-state index in [2.05, 4.69) is 18.7 Å². The van der Waals surface area contributed by atoms with Crippen molar-refractivity contribution in [1.29, 1.82) is 0 Å². The Hall–Kier alpha value is -1.09. The molecule has 0 fully saturated rings. The molecule has 0 aliphatic carbocycles. The summed E-state index contributed by atoms with van der Waals surface area (Å²) in [5, 5.41) is 0. The van der Waals surface area contributed by atoms with E-state index in [1.165, 1.54) is 7.11 Å². The molecule has 1 aromatic rings. The number of ether oxygens (including phenoxy) is 1. The first-order valence-corrected chi connectivity index (χ1v) is 5.76. The molecule has 16 heavy (non-hydrogen) atoms. The molecular weight excluding hydrogens is 205 g/mol. The summed E-state index contributed by atoms with van der Waals surface area (Å²) in [6.07, 6.45) is 1.12. The predicted molar refractivity (Wildman–Crippen MR) is 64.2 cm³/mol. The normalized spacial score (nSPS) is 10.8. The van der Waals surface area contributed by atoms with Gasteiger partial charge in [-0.2, -0.15) is 0 Å². The van der Waals surface area contributed by atoms with E-state index in [9.17, 15) is 4.39 Å². The van der Waals surface area contributed by atoms with Crippen LogP contribution < -0.4 is 4.74 Å². The van der Waals surface area contributed by atoms with Gasteiger partial charge in [0.1, 0.15) is 0 Å². The van der Waals surface area contributed by atoms with Crippen molar-refractivity contribution in [3.8, 4) is 5.75 Å². The first kappa shape index (κ1) is 13.0. The highest BCUT2D eigenvalue weighted by Gasteiger charge is 2.06. The van der Waals surface area contributed by atoms with Crippen molar-refractivity contribution in [2.75, 3.05) is 20.2 Å². The lowest BCUT2D eigenvalue weighted by Gasteiger charge is -2.19. The Labute approximate surface area is 97.0 Å². The molecule has 0 heterocycles. The molecule has 0 N–H and O–H groups in total. The van der Waals surface area contributed by atoms with Gasteiger partial charge in [0.05, 0.1) is 7.11 Å². The molecular formula is C13H20FNO. The van der Waals surface area contributed by atoms with Crippen LogP contribution in [-0.4, -0.2) is 25.1 Å². The summed E-state index contributed by atoms with van der Waals surface area (Å²) in [6, 6.07) is 5.15. The van der Waals surface area contributed by atoms with Gasteiger partial charge in [-0.25, -0.2) is 4.39 Å². The number of hydrogen-bond acceptors (Lipinski definition) is 2. The first-order valence-electron chi connectivity index (χ1n) is 5.76. The standard InChI is InChI=1S/C13H20FNO/c1-4-8-15(5-2)10-11-6-7-13(16-3)12(14)9-11/h6-7,9H,4-5,8,10H2,1-3H3. The van der Waals surface area contributed by atoms with E-state index in [1.54, 1.807) is 12.1 Å². The molecule has 0 bridgehead atoms. The number of rotatable bonds is 6. The van der Waals surface area contributed by atoms with Gasteiger partial charge < -0.3 is 4.74 Å². The zero-order valence-electron chi connectivity index (χ0n) is 10.3. The molecule has 3 heteroatoms. The lowest BCUT2D eigenvalue weighted by molar-refractivity contribution is 0.280. The van der Waals surface area contributed by atoms with Gasteiger partial charge in [-0.05, 0) is 37.2 Å². The minimum atomic E-state index is -0.285. The summed E-state index contributed by atoms with van der Waals surface area (Å²) in [5.74, 6) is 0.0230. The maximum absolute atomic E-state index is 13.4. The van der Waals surface area contributed by atoms with Gasteiger partial charge in [-0.1, -0.05) is 19.9 Å². The van der Waals surface area contributed by atoms with E-state index in [-0.39, 0.29) is 5.82 Å². The number of hydrogen-bond donors (Lipinski definition) is 0. The van der Waals surface area contributed by atoms with E-state index >= 15 is 0 Å². The number of nitrogens with zero attached hydrogens (tertiary/aromatic N) is 1. The Bertz CT molecular complexity index is 328. The maximum atomic E-state index is 13.4. The van der Waals surface area contributed by atoms with Crippen LogP contribution in [0.3, 0.4) is 0 Å². The van der Waals surface area contributed by atoms with Crippen molar-refractivity contribution in [2.24, 2.45) is 0 Å². The van der Waals surface area contributed by atoms with Crippen molar-refractivity contribution in [3.63, 3.8) is 0 Å². The van der Waals surface area contributed by atoms with Crippen LogP contribution in [0, 0.1) is 5.82 Å². The van der Waals surface area contributed by atoms with Crippen molar-refractivity contribution in [1.82, 2.24) is 4.90 Å². The smallest absolute Gasteiger partial charge is 0.165 e. The van der Waals surface area contributed by atoms with Crippen LogP contribution in [-0.2, 0) is 6.54 Å². The molecule has 0 radical (unpaired) electrons. The third-order valence-electron chi connectivity index (χ3n) is 2.61. The van der Waals surface area contributed by atoms with E-state index in [1.807, 2.05) is 6.07 Å². The Morgan fingerprint density at radius 2 is 2.06 bits per heavy atom. The molecule has 2 nitrogen and oxygen atoms in total. The molecule has 90 valence electrons. The SMILES string of the molecule is CCCN(CC)Cc1ccc(OC)c(F)c1. The van der Waals surface area contributed by atoms with Gasteiger partial charge in [0.2, 0.25) is 0 Å². The van der Waals surface area contributed by atoms with Gasteiger partial charge in [0, 0.05) is 6.54 Å². The van der Waals surface area contributed by atoms with Gasteiger partial charge in [0.15, 0.2) is 11.6 Å². The highest BCUT2D eigenvalue weighted by atomic mass is 19.1. The van der Waals surface area contributed by atoms with E-state index in [0.717, 1.165) is 31.6 Å². The molecule has 0 unspecified atom stereocenters. The molecule has 0 amide bonds. The topological polar surface area (TPSA) is 12.5 Å². The molecule has 1 aromatic carbocycles. The van der Waals surface area contributed by atoms with E-state index in [0.29, 0.717) is 5.75 Å². The van der Waals surface area contributed by atoms with Crippen LogP contribution >= 0.6 is 0 Å². The first-order chi connectivity index (χ1) is 7.71. The Morgan fingerprint density at radius 3 is 2.56 bits per heavy atom. The van der Waals surface area contributed by atoms with Gasteiger partial charge >= 0.3 is 0 Å². The lowest BCUT2D eigenvalue weighted by Crippen LogP contribution is -2.23. The van der Waals surface area contributed by atoms with Gasteiger partial charge in [0.25, 0.3) is 0 Å². The van der Waals surface area contributed by atoms with Crippen molar-refractivity contribution in [3.05, 3.63) is 29.6 Å². The Kier molecular flexibility index (Phi) is 5.26. The second-order valence-corrected chi connectivity index (χ2v) is 3.84. The number of methoxy groups -OCH3 is 1. The largest absolute Gasteiger partial charge is 0.494 e. The summed E-state index contributed by atoms with van der Waals surface area (Å²) in [4.78, 5) is 2.29. The second kappa shape index (κ2) is 6.48.